The van der Waals surface area contributed by atoms with Gasteiger partial charge in [0.2, 0.25) is 0 Å². The zero-order valence-corrected chi connectivity index (χ0v) is 9.82. The third-order valence-corrected chi connectivity index (χ3v) is 2.89. The van der Waals surface area contributed by atoms with Crippen LogP contribution in [0, 0.1) is 0 Å². The highest BCUT2D eigenvalue weighted by Gasteiger charge is 2.10. The standard InChI is InChI=1S/C14H10N2O3/c17-12-4-2-1-3-10(12)11-8-16-6-5-9(14(18)19)7-13(16)15-11/h1-8,17H,(H,18,19). The first-order valence-electron chi connectivity index (χ1n) is 5.65. The summed E-state index contributed by atoms with van der Waals surface area (Å²) in [5.41, 5.74) is 1.92. The number of pyridine rings is 1. The van der Waals surface area contributed by atoms with Crippen molar-refractivity contribution in [3.05, 3.63) is 54.4 Å². The molecule has 19 heavy (non-hydrogen) atoms. The van der Waals surface area contributed by atoms with Crippen LogP contribution in [0.3, 0.4) is 0 Å². The maximum Gasteiger partial charge on any atom is 0.335 e. The number of carbonyl (C=O) groups is 1. The largest absolute Gasteiger partial charge is 0.507 e. The van der Waals surface area contributed by atoms with Crippen molar-refractivity contribution >= 4 is 11.6 Å². The molecule has 0 atom stereocenters. The van der Waals surface area contributed by atoms with Crippen LogP contribution in [0.1, 0.15) is 10.4 Å². The van der Waals surface area contributed by atoms with E-state index in [2.05, 4.69) is 4.98 Å². The number of benzene rings is 1. The highest BCUT2D eigenvalue weighted by atomic mass is 16.4. The average molecular weight is 254 g/mol. The van der Waals surface area contributed by atoms with Crippen molar-refractivity contribution in [3.63, 3.8) is 0 Å². The number of hydrogen-bond acceptors (Lipinski definition) is 3. The molecule has 0 spiro atoms. The minimum atomic E-state index is -0.991. The van der Waals surface area contributed by atoms with Crippen LogP contribution in [0.15, 0.2) is 48.8 Å². The molecule has 0 unspecified atom stereocenters. The molecule has 5 heteroatoms. The Bertz CT molecular complexity index is 777. The molecule has 2 heterocycles. The number of nitrogens with zero attached hydrogens (tertiary/aromatic N) is 2. The molecule has 0 aliphatic rings. The fourth-order valence-corrected chi connectivity index (χ4v) is 1.93. The van der Waals surface area contributed by atoms with Crippen LogP contribution >= 0.6 is 0 Å². The number of carboxylic acid groups (broad SMARTS) is 1. The summed E-state index contributed by atoms with van der Waals surface area (Å²) in [6, 6.07) is 9.88. The Morgan fingerprint density at radius 1 is 1.21 bits per heavy atom. The van der Waals surface area contributed by atoms with Gasteiger partial charge in [-0.15, -0.1) is 0 Å². The lowest BCUT2D eigenvalue weighted by atomic mass is 10.1. The minimum Gasteiger partial charge on any atom is -0.507 e. The van der Waals surface area contributed by atoms with Crippen molar-refractivity contribution in [3.8, 4) is 17.0 Å². The van der Waals surface area contributed by atoms with E-state index in [0.29, 0.717) is 16.9 Å². The average Bonchev–Trinajstić information content (AvgIpc) is 2.81. The number of fused-ring (bicyclic) bond motifs is 1. The SMILES string of the molecule is O=C(O)c1ccn2cc(-c3ccccc3O)nc2c1. The summed E-state index contributed by atoms with van der Waals surface area (Å²) in [4.78, 5) is 15.2. The van der Waals surface area contributed by atoms with Gasteiger partial charge in [-0.2, -0.15) is 0 Å². The Balaban J connectivity index is 2.17. The lowest BCUT2D eigenvalue weighted by Crippen LogP contribution is -1.96. The van der Waals surface area contributed by atoms with Gasteiger partial charge < -0.3 is 14.6 Å². The molecule has 0 saturated carbocycles. The number of aromatic hydroxyl groups is 1. The van der Waals surface area contributed by atoms with Crippen LogP contribution in [-0.4, -0.2) is 25.6 Å². The second kappa shape index (κ2) is 4.13. The van der Waals surface area contributed by atoms with E-state index in [0.717, 1.165) is 0 Å². The fourth-order valence-electron chi connectivity index (χ4n) is 1.93. The number of hydrogen-bond donors (Lipinski definition) is 2. The number of carboxylic acids is 1. The molecule has 2 N–H and O–H groups in total. The summed E-state index contributed by atoms with van der Waals surface area (Å²) in [6.07, 6.45) is 3.38. The van der Waals surface area contributed by atoms with E-state index in [1.807, 2.05) is 6.07 Å². The first kappa shape index (κ1) is 11.3. The normalized spacial score (nSPS) is 10.7. The van der Waals surface area contributed by atoms with E-state index in [-0.39, 0.29) is 11.3 Å². The van der Waals surface area contributed by atoms with Crippen molar-refractivity contribution in [2.24, 2.45) is 0 Å². The van der Waals surface area contributed by atoms with E-state index in [1.54, 1.807) is 35.0 Å². The Hall–Kier alpha value is -2.82. The molecular formula is C14H10N2O3. The Kier molecular flexibility index (Phi) is 2.45. The van der Waals surface area contributed by atoms with Crippen LogP contribution in [0.4, 0.5) is 0 Å². The lowest BCUT2D eigenvalue weighted by molar-refractivity contribution is 0.0697. The van der Waals surface area contributed by atoms with Crippen molar-refractivity contribution < 1.29 is 15.0 Å². The van der Waals surface area contributed by atoms with Gasteiger partial charge in [0, 0.05) is 18.0 Å². The maximum absolute atomic E-state index is 10.9. The fraction of sp³-hybridized carbons (Fsp3) is 0. The van der Waals surface area contributed by atoms with Crippen molar-refractivity contribution in [2.45, 2.75) is 0 Å². The molecule has 0 fully saturated rings. The molecule has 0 bridgehead atoms. The number of imidazole rings is 1. The van der Waals surface area contributed by atoms with Gasteiger partial charge in [-0.05, 0) is 24.3 Å². The van der Waals surface area contributed by atoms with Crippen molar-refractivity contribution in [2.75, 3.05) is 0 Å². The van der Waals surface area contributed by atoms with Gasteiger partial charge in [-0.25, -0.2) is 9.78 Å². The summed E-state index contributed by atoms with van der Waals surface area (Å²) >= 11 is 0. The first-order valence-corrected chi connectivity index (χ1v) is 5.65. The molecule has 0 radical (unpaired) electrons. The van der Waals surface area contributed by atoms with Crippen molar-refractivity contribution in [1.29, 1.82) is 0 Å². The van der Waals surface area contributed by atoms with Gasteiger partial charge in [0.05, 0.1) is 11.3 Å². The smallest absolute Gasteiger partial charge is 0.335 e. The van der Waals surface area contributed by atoms with Crippen LogP contribution in [0.5, 0.6) is 5.75 Å². The molecule has 3 rings (SSSR count). The molecule has 3 aromatic rings. The molecule has 0 amide bonds. The summed E-state index contributed by atoms with van der Waals surface area (Å²) in [5.74, 6) is -0.848. The number of aromatic nitrogens is 2. The summed E-state index contributed by atoms with van der Waals surface area (Å²) in [5, 5.41) is 18.7. The van der Waals surface area contributed by atoms with Crippen LogP contribution in [0.25, 0.3) is 16.9 Å². The zero-order chi connectivity index (χ0) is 13.4. The van der Waals surface area contributed by atoms with E-state index in [9.17, 15) is 9.90 Å². The molecule has 94 valence electrons. The number of rotatable bonds is 2. The number of aromatic carboxylic acids is 1. The predicted octanol–water partition coefficient (Wildman–Crippen LogP) is 2.41. The molecule has 2 aromatic heterocycles. The second-order valence-corrected chi connectivity index (χ2v) is 4.13. The van der Waals surface area contributed by atoms with Gasteiger partial charge in [0.25, 0.3) is 0 Å². The summed E-state index contributed by atoms with van der Waals surface area (Å²) in [6.45, 7) is 0. The van der Waals surface area contributed by atoms with E-state index < -0.39 is 5.97 Å². The van der Waals surface area contributed by atoms with E-state index in [4.69, 9.17) is 5.11 Å². The third-order valence-electron chi connectivity index (χ3n) is 2.89. The molecule has 5 nitrogen and oxygen atoms in total. The molecular weight excluding hydrogens is 244 g/mol. The zero-order valence-electron chi connectivity index (χ0n) is 9.82. The number of phenolic OH excluding ortho intramolecular Hbond substituents is 1. The molecule has 0 aliphatic heterocycles. The molecule has 1 aromatic carbocycles. The van der Waals surface area contributed by atoms with Gasteiger partial charge in [-0.3, -0.25) is 0 Å². The van der Waals surface area contributed by atoms with Crippen LogP contribution in [-0.2, 0) is 0 Å². The minimum absolute atomic E-state index is 0.143. The van der Waals surface area contributed by atoms with Gasteiger partial charge in [-0.1, -0.05) is 12.1 Å². The van der Waals surface area contributed by atoms with Crippen molar-refractivity contribution in [1.82, 2.24) is 9.38 Å². The second-order valence-electron chi connectivity index (χ2n) is 4.13. The molecule has 0 saturated heterocycles. The molecule has 0 aliphatic carbocycles. The monoisotopic (exact) mass is 254 g/mol. The number of para-hydroxylation sites is 1. The summed E-state index contributed by atoms with van der Waals surface area (Å²) < 4.78 is 1.72. The first-order chi connectivity index (χ1) is 9.15. The van der Waals surface area contributed by atoms with Gasteiger partial charge in [0.15, 0.2) is 0 Å². The van der Waals surface area contributed by atoms with E-state index >= 15 is 0 Å². The predicted molar refractivity (Wildman–Crippen MR) is 69.3 cm³/mol. The van der Waals surface area contributed by atoms with Gasteiger partial charge in [0.1, 0.15) is 11.4 Å². The Labute approximate surface area is 108 Å². The number of phenols is 1. The lowest BCUT2D eigenvalue weighted by Gasteiger charge is -1.98. The Morgan fingerprint density at radius 2 is 2.00 bits per heavy atom. The van der Waals surface area contributed by atoms with Crippen LogP contribution in [0.2, 0.25) is 0 Å². The quantitative estimate of drug-likeness (QED) is 0.736. The maximum atomic E-state index is 10.9. The summed E-state index contributed by atoms with van der Waals surface area (Å²) in [7, 11) is 0. The van der Waals surface area contributed by atoms with Gasteiger partial charge >= 0.3 is 5.97 Å². The third kappa shape index (κ3) is 1.91. The topological polar surface area (TPSA) is 74.8 Å². The van der Waals surface area contributed by atoms with E-state index in [1.165, 1.54) is 12.1 Å². The highest BCUT2D eigenvalue weighted by Crippen LogP contribution is 2.27. The van der Waals surface area contributed by atoms with Crippen LogP contribution < -0.4 is 0 Å². The highest BCUT2D eigenvalue weighted by molar-refractivity contribution is 5.88. The Morgan fingerprint density at radius 3 is 2.74 bits per heavy atom.